The quantitative estimate of drug-likeness (QED) is 0.705. The van der Waals surface area contributed by atoms with Gasteiger partial charge in [0.05, 0.1) is 5.54 Å². The van der Waals surface area contributed by atoms with Crippen molar-refractivity contribution >= 4 is 22.9 Å². The predicted octanol–water partition coefficient (Wildman–Crippen LogP) is 4.71. The topological polar surface area (TPSA) is 68.0 Å². The number of nitrogens with zero attached hydrogens (tertiary/aromatic N) is 1. The van der Waals surface area contributed by atoms with Gasteiger partial charge in [-0.05, 0) is 48.9 Å². The zero-order chi connectivity index (χ0) is 18.1. The second kappa shape index (κ2) is 6.67. The number of hydrogen-bond donors (Lipinski definition) is 2. The fourth-order valence-electron chi connectivity index (χ4n) is 3.29. The molecule has 132 valence electrons. The van der Waals surface area contributed by atoms with Crippen molar-refractivity contribution in [2.24, 2.45) is 5.73 Å². The third-order valence-corrected chi connectivity index (χ3v) is 6.32. The van der Waals surface area contributed by atoms with Gasteiger partial charge in [0.15, 0.2) is 5.01 Å². The molecule has 1 saturated carbocycles. The summed E-state index contributed by atoms with van der Waals surface area (Å²) in [6, 6.07) is 16.1. The Labute approximate surface area is 157 Å². The van der Waals surface area contributed by atoms with Crippen molar-refractivity contribution in [3.05, 3.63) is 70.2 Å². The molecule has 0 saturated heterocycles. The summed E-state index contributed by atoms with van der Waals surface area (Å²) in [5, 5.41) is 3.47. The van der Waals surface area contributed by atoms with Crippen LogP contribution in [0.25, 0.3) is 11.1 Å². The van der Waals surface area contributed by atoms with Crippen molar-refractivity contribution in [1.29, 1.82) is 0 Å². The lowest BCUT2D eigenvalue weighted by Crippen LogP contribution is -2.42. The molecule has 3 aromatic rings. The molecule has 1 aliphatic carbocycles. The second-order valence-corrected chi connectivity index (χ2v) is 7.87. The first-order valence-corrected chi connectivity index (χ1v) is 9.60. The molecular weight excluding hydrogens is 342 g/mol. The molecule has 0 radical (unpaired) electrons. The Morgan fingerprint density at radius 1 is 1.15 bits per heavy atom. The van der Waals surface area contributed by atoms with Crippen LogP contribution in [-0.4, -0.2) is 10.9 Å². The standard InChI is InChI=1S/C21H21N3OS/c1-14-16(15-7-3-2-4-8-15)9-5-10-17(14)24-19(25)20-23-13-18(26-20)21(22)11-6-12-21/h2-5,7-10,13H,6,11-12,22H2,1H3,(H,24,25). The molecule has 0 bridgehead atoms. The van der Waals surface area contributed by atoms with Gasteiger partial charge in [0, 0.05) is 16.8 Å². The average Bonchev–Trinajstić information content (AvgIpc) is 3.13. The monoisotopic (exact) mass is 363 g/mol. The van der Waals surface area contributed by atoms with Crippen LogP contribution in [0.3, 0.4) is 0 Å². The molecule has 26 heavy (non-hydrogen) atoms. The van der Waals surface area contributed by atoms with Gasteiger partial charge in [-0.2, -0.15) is 0 Å². The lowest BCUT2D eigenvalue weighted by Gasteiger charge is -2.36. The summed E-state index contributed by atoms with van der Waals surface area (Å²) in [5.74, 6) is -0.183. The highest BCUT2D eigenvalue weighted by molar-refractivity contribution is 7.13. The lowest BCUT2D eigenvalue weighted by molar-refractivity contribution is 0.102. The number of nitrogens with one attached hydrogen (secondary N) is 1. The van der Waals surface area contributed by atoms with E-state index in [0.29, 0.717) is 5.01 Å². The van der Waals surface area contributed by atoms with Gasteiger partial charge in [-0.1, -0.05) is 42.5 Å². The highest BCUT2D eigenvalue weighted by Crippen LogP contribution is 2.41. The van der Waals surface area contributed by atoms with Crippen LogP contribution in [0.2, 0.25) is 0 Å². The Hall–Kier alpha value is -2.50. The van der Waals surface area contributed by atoms with Crippen molar-refractivity contribution in [1.82, 2.24) is 4.98 Å². The van der Waals surface area contributed by atoms with Crippen LogP contribution in [0.4, 0.5) is 5.69 Å². The molecule has 1 fully saturated rings. The van der Waals surface area contributed by atoms with Crippen LogP contribution in [0.1, 0.15) is 39.5 Å². The SMILES string of the molecule is Cc1c(NC(=O)c2ncc(C3(N)CCC3)s2)cccc1-c1ccccc1. The molecule has 4 nitrogen and oxygen atoms in total. The van der Waals surface area contributed by atoms with Gasteiger partial charge in [-0.15, -0.1) is 11.3 Å². The Bertz CT molecular complexity index is 945. The van der Waals surface area contributed by atoms with E-state index in [1.807, 2.05) is 37.3 Å². The largest absolute Gasteiger partial charge is 0.321 e. The summed E-state index contributed by atoms with van der Waals surface area (Å²) >= 11 is 1.40. The Morgan fingerprint density at radius 2 is 1.92 bits per heavy atom. The van der Waals surface area contributed by atoms with Gasteiger partial charge >= 0.3 is 0 Å². The van der Waals surface area contributed by atoms with Crippen LogP contribution in [0.15, 0.2) is 54.7 Å². The van der Waals surface area contributed by atoms with Gasteiger partial charge in [0.25, 0.3) is 5.91 Å². The van der Waals surface area contributed by atoms with E-state index in [1.54, 1.807) is 6.20 Å². The summed E-state index contributed by atoms with van der Waals surface area (Å²) in [5.41, 5.74) is 10.1. The third kappa shape index (κ3) is 3.04. The molecule has 2 aromatic carbocycles. The molecule has 1 heterocycles. The number of nitrogens with two attached hydrogens (primary N) is 1. The highest BCUT2D eigenvalue weighted by atomic mass is 32.1. The van der Waals surface area contributed by atoms with E-state index in [0.717, 1.165) is 46.5 Å². The van der Waals surface area contributed by atoms with Gasteiger partial charge in [0.2, 0.25) is 0 Å². The van der Waals surface area contributed by atoms with Crippen LogP contribution in [0.5, 0.6) is 0 Å². The maximum Gasteiger partial charge on any atom is 0.284 e. The predicted molar refractivity (Wildman–Crippen MR) is 106 cm³/mol. The van der Waals surface area contributed by atoms with Crippen molar-refractivity contribution in [2.75, 3.05) is 5.32 Å². The third-order valence-electron chi connectivity index (χ3n) is 5.10. The number of amides is 1. The first-order chi connectivity index (χ1) is 12.6. The Morgan fingerprint density at radius 3 is 2.62 bits per heavy atom. The summed E-state index contributed by atoms with van der Waals surface area (Å²) < 4.78 is 0. The first kappa shape index (κ1) is 16.9. The summed E-state index contributed by atoms with van der Waals surface area (Å²) in [7, 11) is 0. The number of thiazole rings is 1. The van der Waals surface area contributed by atoms with Gasteiger partial charge in [-0.3, -0.25) is 4.79 Å². The molecular formula is C21H21N3OS. The van der Waals surface area contributed by atoms with Gasteiger partial charge in [0.1, 0.15) is 0 Å². The van der Waals surface area contributed by atoms with Crippen molar-refractivity contribution in [2.45, 2.75) is 31.7 Å². The van der Waals surface area contributed by atoms with E-state index in [4.69, 9.17) is 5.73 Å². The molecule has 0 atom stereocenters. The molecule has 1 aromatic heterocycles. The molecule has 0 spiro atoms. The van der Waals surface area contributed by atoms with Gasteiger partial charge < -0.3 is 11.1 Å². The minimum absolute atomic E-state index is 0.183. The summed E-state index contributed by atoms with van der Waals surface area (Å²) in [4.78, 5) is 18.0. The van der Waals surface area contributed by atoms with Crippen LogP contribution < -0.4 is 11.1 Å². The first-order valence-electron chi connectivity index (χ1n) is 8.78. The Kier molecular flexibility index (Phi) is 4.34. The van der Waals surface area contributed by atoms with Gasteiger partial charge in [-0.25, -0.2) is 4.98 Å². The second-order valence-electron chi connectivity index (χ2n) is 6.84. The molecule has 3 N–H and O–H groups in total. The fraction of sp³-hybridized carbons (Fsp3) is 0.238. The molecule has 1 amide bonds. The molecule has 0 unspecified atom stereocenters. The minimum Gasteiger partial charge on any atom is -0.321 e. The Balaban J connectivity index is 1.57. The molecule has 0 aliphatic heterocycles. The van der Waals surface area contributed by atoms with Crippen molar-refractivity contribution < 1.29 is 4.79 Å². The zero-order valence-corrected chi connectivity index (χ0v) is 15.5. The molecule has 1 aliphatic rings. The van der Waals surface area contributed by atoms with Crippen LogP contribution in [-0.2, 0) is 5.54 Å². The molecule has 5 heteroatoms. The average molecular weight is 363 g/mol. The summed E-state index contributed by atoms with van der Waals surface area (Å²) in [6.45, 7) is 2.02. The normalized spacial score (nSPS) is 15.3. The fourth-order valence-corrected chi connectivity index (χ4v) is 4.26. The number of carbonyl (C=O) groups excluding carboxylic acids is 1. The van der Waals surface area contributed by atoms with E-state index in [1.165, 1.54) is 11.3 Å². The minimum atomic E-state index is -0.278. The van der Waals surface area contributed by atoms with E-state index in [9.17, 15) is 4.79 Å². The number of aromatic nitrogens is 1. The smallest absolute Gasteiger partial charge is 0.284 e. The number of rotatable bonds is 4. The van der Waals surface area contributed by atoms with E-state index >= 15 is 0 Å². The summed E-state index contributed by atoms with van der Waals surface area (Å²) in [6.07, 6.45) is 4.83. The number of hydrogen-bond acceptors (Lipinski definition) is 4. The lowest BCUT2D eigenvalue weighted by atomic mass is 9.77. The van der Waals surface area contributed by atoms with E-state index in [-0.39, 0.29) is 11.4 Å². The van der Waals surface area contributed by atoms with Crippen molar-refractivity contribution in [3.8, 4) is 11.1 Å². The number of carbonyl (C=O) groups is 1. The van der Waals surface area contributed by atoms with Crippen LogP contribution >= 0.6 is 11.3 Å². The zero-order valence-electron chi connectivity index (χ0n) is 14.7. The van der Waals surface area contributed by atoms with Crippen LogP contribution in [0, 0.1) is 6.92 Å². The number of anilines is 1. The van der Waals surface area contributed by atoms with E-state index < -0.39 is 0 Å². The number of benzene rings is 2. The molecule has 4 rings (SSSR count). The maximum absolute atomic E-state index is 12.7. The van der Waals surface area contributed by atoms with Crippen molar-refractivity contribution in [3.63, 3.8) is 0 Å². The van der Waals surface area contributed by atoms with E-state index in [2.05, 4.69) is 28.5 Å². The highest BCUT2D eigenvalue weighted by Gasteiger charge is 2.36. The maximum atomic E-state index is 12.7.